The lowest BCUT2D eigenvalue weighted by Gasteiger charge is -2.21. The second kappa shape index (κ2) is 15.5. The third-order valence-electron chi connectivity index (χ3n) is 5.45. The molecule has 214 valence electrons. The first kappa shape index (κ1) is 33.1. The van der Waals surface area contributed by atoms with Crippen LogP contribution in [0.4, 0.5) is 0 Å². The number of hydrogen-bond acceptors (Lipinski definition) is 9. The molecule has 0 heterocycles. The van der Waals surface area contributed by atoms with Crippen molar-refractivity contribution in [2.45, 2.75) is 99.6 Å². The molecule has 0 saturated heterocycles. The lowest BCUT2D eigenvalue weighted by Crippen LogP contribution is -2.37. The van der Waals surface area contributed by atoms with Gasteiger partial charge in [0.05, 0.1) is 5.41 Å². The van der Waals surface area contributed by atoms with Gasteiger partial charge in [-0.05, 0) is 76.5 Å². The van der Waals surface area contributed by atoms with Gasteiger partial charge >= 0.3 is 23.9 Å². The minimum atomic E-state index is -1.01. The van der Waals surface area contributed by atoms with E-state index < -0.39 is 41.4 Å². The van der Waals surface area contributed by atoms with Crippen molar-refractivity contribution in [1.29, 1.82) is 0 Å². The van der Waals surface area contributed by atoms with Crippen LogP contribution in [0, 0.1) is 17.3 Å². The number of hydrogen-bond donors (Lipinski definition) is 1. The van der Waals surface area contributed by atoms with E-state index in [-0.39, 0.29) is 37.4 Å². The molecule has 0 aliphatic rings. The standard InChI is InChI=1S/C29H45NO8/c1-18(2)9-13-25(31)37-23-12-11-21(16-24(23)38-26(32)14-10-19(3)4)15-22(30)27(33)35-17-20(5)36-28(34)29(6,7)8/h11-12,16,18-20,22H,9-10,13-15,17,30H2,1-8H3/t20-,22-/m0/s1. The zero-order valence-electron chi connectivity index (χ0n) is 24.1. The topological polar surface area (TPSA) is 131 Å². The van der Waals surface area contributed by atoms with E-state index >= 15 is 0 Å². The molecule has 38 heavy (non-hydrogen) atoms. The van der Waals surface area contributed by atoms with Crippen molar-refractivity contribution in [3.8, 4) is 11.5 Å². The maximum Gasteiger partial charge on any atom is 0.323 e. The van der Waals surface area contributed by atoms with Crippen LogP contribution in [-0.2, 0) is 35.1 Å². The number of esters is 4. The van der Waals surface area contributed by atoms with Gasteiger partial charge in [0.2, 0.25) is 0 Å². The van der Waals surface area contributed by atoms with Crippen LogP contribution in [0.2, 0.25) is 0 Å². The predicted octanol–water partition coefficient (Wildman–Crippen LogP) is 4.76. The fourth-order valence-electron chi connectivity index (χ4n) is 3.04. The second-order valence-corrected chi connectivity index (χ2v) is 11.5. The van der Waals surface area contributed by atoms with Crippen molar-refractivity contribution < 1.29 is 38.1 Å². The molecule has 0 radical (unpaired) electrons. The molecule has 0 fully saturated rings. The summed E-state index contributed by atoms with van der Waals surface area (Å²) in [7, 11) is 0. The summed E-state index contributed by atoms with van der Waals surface area (Å²) in [5.74, 6) is -1.04. The van der Waals surface area contributed by atoms with Crippen LogP contribution in [0.3, 0.4) is 0 Å². The average Bonchev–Trinajstić information content (AvgIpc) is 2.80. The fraction of sp³-hybridized carbons (Fsp3) is 0.655. The first-order valence-corrected chi connectivity index (χ1v) is 13.3. The van der Waals surface area contributed by atoms with Crippen molar-refractivity contribution in [1.82, 2.24) is 0 Å². The monoisotopic (exact) mass is 535 g/mol. The highest BCUT2D eigenvalue weighted by Gasteiger charge is 2.26. The van der Waals surface area contributed by atoms with Gasteiger partial charge in [-0.3, -0.25) is 19.2 Å². The summed E-state index contributed by atoms with van der Waals surface area (Å²) in [6.45, 7) is 14.7. The Morgan fingerprint density at radius 3 is 1.87 bits per heavy atom. The molecule has 0 amide bonds. The summed E-state index contributed by atoms with van der Waals surface area (Å²) in [5.41, 5.74) is 5.98. The Morgan fingerprint density at radius 2 is 1.37 bits per heavy atom. The largest absolute Gasteiger partial charge is 0.461 e. The molecular formula is C29H45NO8. The lowest BCUT2D eigenvalue weighted by atomic mass is 9.97. The van der Waals surface area contributed by atoms with E-state index in [1.807, 2.05) is 27.7 Å². The Morgan fingerprint density at radius 1 is 0.842 bits per heavy atom. The van der Waals surface area contributed by atoms with Crippen LogP contribution in [-0.4, -0.2) is 42.6 Å². The van der Waals surface area contributed by atoms with Crippen molar-refractivity contribution in [2.24, 2.45) is 23.0 Å². The van der Waals surface area contributed by atoms with E-state index in [2.05, 4.69) is 0 Å². The lowest BCUT2D eigenvalue weighted by molar-refractivity contribution is -0.165. The van der Waals surface area contributed by atoms with Gasteiger partial charge < -0.3 is 24.7 Å². The molecular weight excluding hydrogens is 490 g/mol. The summed E-state index contributed by atoms with van der Waals surface area (Å²) in [6.07, 6.45) is 1.24. The quantitative estimate of drug-likeness (QED) is 0.264. The number of carbonyl (C=O) groups is 4. The summed E-state index contributed by atoms with van der Waals surface area (Å²) >= 11 is 0. The highest BCUT2D eigenvalue weighted by Crippen LogP contribution is 2.30. The number of ether oxygens (including phenoxy) is 4. The smallest absolute Gasteiger partial charge is 0.323 e. The predicted molar refractivity (Wildman–Crippen MR) is 144 cm³/mol. The molecule has 1 aromatic rings. The van der Waals surface area contributed by atoms with E-state index in [0.717, 1.165) is 0 Å². The summed E-state index contributed by atoms with van der Waals surface area (Å²) in [4.78, 5) is 49.1. The normalized spacial score (nSPS) is 13.1. The van der Waals surface area contributed by atoms with Gasteiger partial charge in [-0.1, -0.05) is 33.8 Å². The van der Waals surface area contributed by atoms with Crippen LogP contribution in [0.15, 0.2) is 18.2 Å². The Kier molecular flexibility index (Phi) is 13.5. The van der Waals surface area contributed by atoms with E-state index in [9.17, 15) is 19.2 Å². The molecule has 0 aliphatic heterocycles. The van der Waals surface area contributed by atoms with Crippen LogP contribution in [0.5, 0.6) is 11.5 Å². The molecule has 0 spiro atoms. The summed E-state index contributed by atoms with van der Waals surface area (Å²) < 4.78 is 21.5. The van der Waals surface area contributed by atoms with E-state index in [4.69, 9.17) is 24.7 Å². The Labute approximate surface area is 226 Å². The van der Waals surface area contributed by atoms with Crippen molar-refractivity contribution in [2.75, 3.05) is 6.61 Å². The second-order valence-electron chi connectivity index (χ2n) is 11.5. The number of carbonyl (C=O) groups excluding carboxylic acids is 4. The Balaban J connectivity index is 2.88. The highest BCUT2D eigenvalue weighted by molar-refractivity contribution is 5.78. The average molecular weight is 536 g/mol. The van der Waals surface area contributed by atoms with Gasteiger partial charge in [0.1, 0.15) is 18.8 Å². The third-order valence-corrected chi connectivity index (χ3v) is 5.45. The highest BCUT2D eigenvalue weighted by atomic mass is 16.6. The zero-order chi connectivity index (χ0) is 29.0. The minimum Gasteiger partial charge on any atom is -0.461 e. The van der Waals surface area contributed by atoms with Crippen LogP contribution >= 0.6 is 0 Å². The Bertz CT molecular complexity index is 948. The molecule has 0 aromatic heterocycles. The molecule has 0 bridgehead atoms. The van der Waals surface area contributed by atoms with Gasteiger partial charge in [0.25, 0.3) is 0 Å². The van der Waals surface area contributed by atoms with Crippen molar-refractivity contribution >= 4 is 23.9 Å². The molecule has 1 rings (SSSR count). The number of benzene rings is 1. The van der Waals surface area contributed by atoms with E-state index in [0.29, 0.717) is 30.2 Å². The number of nitrogens with two attached hydrogens (primary N) is 1. The zero-order valence-corrected chi connectivity index (χ0v) is 24.1. The molecule has 2 N–H and O–H groups in total. The fourth-order valence-corrected chi connectivity index (χ4v) is 3.04. The first-order chi connectivity index (χ1) is 17.6. The van der Waals surface area contributed by atoms with Crippen molar-refractivity contribution in [3.63, 3.8) is 0 Å². The van der Waals surface area contributed by atoms with E-state index in [1.165, 1.54) is 6.07 Å². The first-order valence-electron chi connectivity index (χ1n) is 13.3. The molecule has 9 heteroatoms. The molecule has 1 aromatic carbocycles. The molecule has 0 unspecified atom stereocenters. The molecule has 0 saturated carbocycles. The van der Waals surface area contributed by atoms with Gasteiger partial charge in [0, 0.05) is 12.8 Å². The maximum absolute atomic E-state index is 12.4. The summed E-state index contributed by atoms with van der Waals surface area (Å²) in [5, 5.41) is 0. The van der Waals surface area contributed by atoms with Gasteiger partial charge in [-0.15, -0.1) is 0 Å². The third kappa shape index (κ3) is 13.0. The van der Waals surface area contributed by atoms with Gasteiger partial charge in [-0.25, -0.2) is 0 Å². The van der Waals surface area contributed by atoms with Crippen molar-refractivity contribution in [3.05, 3.63) is 23.8 Å². The molecule has 9 nitrogen and oxygen atoms in total. The molecule has 0 aliphatic carbocycles. The SMILES string of the molecule is CC(C)CCC(=O)Oc1ccc(C[C@H](N)C(=O)OC[C@H](C)OC(=O)C(C)(C)C)cc1OC(=O)CCC(C)C. The van der Waals surface area contributed by atoms with Crippen LogP contribution in [0.1, 0.15) is 86.6 Å². The van der Waals surface area contributed by atoms with Crippen LogP contribution < -0.4 is 15.2 Å². The van der Waals surface area contributed by atoms with E-state index in [1.54, 1.807) is 39.8 Å². The van der Waals surface area contributed by atoms with Gasteiger partial charge in [-0.2, -0.15) is 0 Å². The van der Waals surface area contributed by atoms with Crippen LogP contribution in [0.25, 0.3) is 0 Å². The maximum atomic E-state index is 12.4. The molecule has 2 atom stereocenters. The Hall–Kier alpha value is -2.94. The number of rotatable bonds is 14. The summed E-state index contributed by atoms with van der Waals surface area (Å²) in [6, 6.07) is 3.71. The minimum absolute atomic E-state index is 0.0904. The van der Waals surface area contributed by atoms with Gasteiger partial charge in [0.15, 0.2) is 11.5 Å².